The molecule has 0 radical (unpaired) electrons. The lowest BCUT2D eigenvalue weighted by molar-refractivity contribution is -0.143. The van der Waals surface area contributed by atoms with Crippen LogP contribution < -0.4 is 10.6 Å². The zero-order valence-corrected chi connectivity index (χ0v) is 24.0. The van der Waals surface area contributed by atoms with E-state index in [1.54, 1.807) is 42.5 Å². The van der Waals surface area contributed by atoms with Crippen LogP contribution in [0.5, 0.6) is 0 Å². The third kappa shape index (κ3) is 9.72. The predicted molar refractivity (Wildman–Crippen MR) is 155 cm³/mol. The van der Waals surface area contributed by atoms with Crippen LogP contribution in [0.25, 0.3) is 0 Å². The second-order valence-corrected chi connectivity index (χ2v) is 10.7. The number of nitrogens with one attached hydrogen (secondary N) is 2. The van der Waals surface area contributed by atoms with E-state index < -0.39 is 61.0 Å². The van der Waals surface area contributed by atoms with Crippen LogP contribution in [0.4, 0.5) is 32.4 Å². The van der Waals surface area contributed by atoms with Crippen molar-refractivity contribution in [2.75, 3.05) is 31.6 Å². The minimum absolute atomic E-state index is 0.0368. The van der Waals surface area contributed by atoms with Crippen molar-refractivity contribution >= 4 is 17.7 Å². The molecule has 0 unspecified atom stereocenters. The van der Waals surface area contributed by atoms with E-state index in [9.17, 15) is 36.8 Å². The quantitative estimate of drug-likeness (QED) is 0.230. The highest BCUT2D eigenvalue weighted by Crippen LogP contribution is 2.30. The number of hydrogen-bond acceptors (Lipinski definition) is 5. The molecular formula is C32H31F5N4O4. The Morgan fingerprint density at radius 2 is 1.82 bits per heavy atom. The Morgan fingerprint density at radius 3 is 2.47 bits per heavy atom. The van der Waals surface area contributed by atoms with Crippen molar-refractivity contribution in [1.82, 2.24) is 10.2 Å². The summed E-state index contributed by atoms with van der Waals surface area (Å²) >= 11 is 0. The smallest absolute Gasteiger partial charge is 0.407 e. The summed E-state index contributed by atoms with van der Waals surface area (Å²) in [4.78, 5) is 24.8. The fourth-order valence-electron chi connectivity index (χ4n) is 5.23. The Labute approximate surface area is 256 Å². The lowest BCUT2D eigenvalue weighted by Crippen LogP contribution is -2.53. The number of amides is 2. The van der Waals surface area contributed by atoms with E-state index >= 15 is 0 Å². The molecule has 4 rings (SSSR count). The molecule has 3 aromatic carbocycles. The fraction of sp³-hybridized carbons (Fsp3) is 0.344. The monoisotopic (exact) mass is 630 g/mol. The molecule has 8 nitrogen and oxygen atoms in total. The zero-order valence-electron chi connectivity index (χ0n) is 24.0. The van der Waals surface area contributed by atoms with Gasteiger partial charge in [-0.15, -0.1) is 0 Å². The molecule has 3 aromatic rings. The van der Waals surface area contributed by atoms with Gasteiger partial charge in [-0.3, -0.25) is 9.69 Å². The number of carbonyl (C=O) groups is 2. The van der Waals surface area contributed by atoms with Crippen LogP contribution in [0.2, 0.25) is 0 Å². The van der Waals surface area contributed by atoms with Gasteiger partial charge in [0.15, 0.2) is 0 Å². The van der Waals surface area contributed by atoms with Gasteiger partial charge < -0.3 is 20.5 Å². The molecule has 45 heavy (non-hydrogen) atoms. The van der Waals surface area contributed by atoms with Crippen molar-refractivity contribution in [3.8, 4) is 6.07 Å². The van der Waals surface area contributed by atoms with Crippen molar-refractivity contribution in [2.24, 2.45) is 0 Å². The van der Waals surface area contributed by atoms with Crippen LogP contribution in [0.3, 0.4) is 0 Å². The first-order valence-electron chi connectivity index (χ1n) is 14.1. The second-order valence-electron chi connectivity index (χ2n) is 10.7. The Hall–Kier alpha value is -4.54. The summed E-state index contributed by atoms with van der Waals surface area (Å²) < 4.78 is 72.5. The molecule has 3 N–H and O–H groups in total. The minimum Gasteiger partial charge on any atom is -0.465 e. The van der Waals surface area contributed by atoms with Gasteiger partial charge in [0.05, 0.1) is 24.3 Å². The summed E-state index contributed by atoms with van der Waals surface area (Å²) in [5.74, 6) is -1.93. The number of morpholine rings is 1. The van der Waals surface area contributed by atoms with Crippen molar-refractivity contribution < 1.29 is 41.4 Å². The van der Waals surface area contributed by atoms with Gasteiger partial charge >= 0.3 is 12.3 Å². The fourth-order valence-corrected chi connectivity index (χ4v) is 5.23. The Kier molecular flexibility index (Phi) is 11.1. The van der Waals surface area contributed by atoms with Gasteiger partial charge in [0.1, 0.15) is 18.2 Å². The van der Waals surface area contributed by atoms with E-state index in [0.29, 0.717) is 23.1 Å². The largest absolute Gasteiger partial charge is 0.465 e. The first kappa shape index (κ1) is 33.4. The maximum atomic E-state index is 15.0. The summed E-state index contributed by atoms with van der Waals surface area (Å²) in [6, 6.07) is 18.2. The molecule has 1 aliphatic rings. The van der Waals surface area contributed by atoms with Crippen LogP contribution in [0.1, 0.15) is 41.0 Å². The molecule has 0 aromatic heterocycles. The number of nitriles is 1. The van der Waals surface area contributed by atoms with Crippen molar-refractivity contribution in [1.29, 1.82) is 5.26 Å². The van der Waals surface area contributed by atoms with Gasteiger partial charge in [0.2, 0.25) is 5.91 Å². The average molecular weight is 631 g/mol. The topological polar surface area (TPSA) is 115 Å². The number of carbonyl (C=O) groups excluding carboxylic acids is 1. The molecule has 3 atom stereocenters. The van der Waals surface area contributed by atoms with Gasteiger partial charge in [-0.1, -0.05) is 30.3 Å². The van der Waals surface area contributed by atoms with Crippen molar-refractivity contribution in [3.63, 3.8) is 0 Å². The lowest BCUT2D eigenvalue weighted by Gasteiger charge is -2.33. The number of carboxylic acid groups (broad SMARTS) is 1. The van der Waals surface area contributed by atoms with Gasteiger partial charge in [-0.2, -0.15) is 18.4 Å². The molecule has 238 valence electrons. The number of benzene rings is 3. The van der Waals surface area contributed by atoms with Crippen LogP contribution in [-0.4, -0.2) is 66.6 Å². The lowest BCUT2D eigenvalue weighted by atomic mass is 9.87. The Balaban J connectivity index is 1.39. The number of nitrogens with zero attached hydrogens (tertiary/aromatic N) is 2. The van der Waals surface area contributed by atoms with Gasteiger partial charge in [0, 0.05) is 42.7 Å². The highest BCUT2D eigenvalue weighted by atomic mass is 19.4. The normalized spacial score (nSPS) is 17.2. The highest BCUT2D eigenvalue weighted by molar-refractivity contribution is 5.92. The Bertz CT molecular complexity index is 1520. The molecule has 2 amide bonds. The van der Waals surface area contributed by atoms with E-state index in [0.717, 1.165) is 0 Å². The van der Waals surface area contributed by atoms with E-state index in [4.69, 9.17) is 9.84 Å². The first-order valence-corrected chi connectivity index (χ1v) is 14.1. The minimum atomic E-state index is -4.67. The molecule has 0 saturated carbocycles. The molecule has 0 bridgehead atoms. The number of anilines is 1. The van der Waals surface area contributed by atoms with Crippen molar-refractivity contribution in [2.45, 2.75) is 43.5 Å². The zero-order chi connectivity index (χ0) is 32.6. The number of rotatable bonds is 11. The number of ether oxygens (including phenoxy) is 1. The number of alkyl halides is 3. The summed E-state index contributed by atoms with van der Waals surface area (Å²) in [6.45, 7) is -1.83. The third-order valence-corrected chi connectivity index (χ3v) is 7.44. The molecule has 1 heterocycles. The number of hydrogen-bond donors (Lipinski definition) is 3. The summed E-state index contributed by atoms with van der Waals surface area (Å²) in [6.07, 6.45) is -6.39. The molecule has 13 heteroatoms. The summed E-state index contributed by atoms with van der Waals surface area (Å²) in [5, 5.41) is 24.2. The standard InChI is InChI=1S/C32H31F5N4O4/c33-23-9-7-21(8-10-23)27(22-4-1-3-20(13-22)15-38)14-30(42)40-29-6-2-5-28(34)26(29)12-11-25-16-39-24(18-45-25)17-41(31(43)44)19-32(35,36)37/h1-10,13,24-25,27,39H,11-12,14,16-19H2,(H,40,42)(H,43,44)/t24-,25+,27-/m0/s1. The predicted octanol–water partition coefficient (Wildman–Crippen LogP) is 5.83. The molecule has 1 aliphatic heterocycles. The Morgan fingerprint density at radius 1 is 1.09 bits per heavy atom. The van der Waals surface area contributed by atoms with Crippen LogP contribution in [0.15, 0.2) is 66.7 Å². The van der Waals surface area contributed by atoms with Crippen LogP contribution >= 0.6 is 0 Å². The first-order chi connectivity index (χ1) is 21.4. The molecule has 1 saturated heterocycles. The second kappa shape index (κ2) is 15.0. The molecule has 0 aliphatic carbocycles. The van der Waals surface area contributed by atoms with E-state index in [1.165, 1.54) is 24.3 Å². The van der Waals surface area contributed by atoms with Gasteiger partial charge in [-0.05, 0) is 60.4 Å². The van der Waals surface area contributed by atoms with Gasteiger partial charge in [0.25, 0.3) is 0 Å². The van der Waals surface area contributed by atoms with Crippen LogP contribution in [-0.2, 0) is 16.0 Å². The average Bonchev–Trinajstić information content (AvgIpc) is 3.00. The van der Waals surface area contributed by atoms with E-state index in [-0.39, 0.29) is 42.1 Å². The summed E-state index contributed by atoms with van der Waals surface area (Å²) in [5.41, 5.74) is 2.24. The molecule has 0 spiro atoms. The summed E-state index contributed by atoms with van der Waals surface area (Å²) in [7, 11) is 0. The third-order valence-electron chi connectivity index (χ3n) is 7.44. The maximum Gasteiger partial charge on any atom is 0.407 e. The maximum absolute atomic E-state index is 15.0. The van der Waals surface area contributed by atoms with Gasteiger partial charge in [-0.25, -0.2) is 13.6 Å². The SMILES string of the molecule is N#Cc1cccc([C@@H](CC(=O)Nc2cccc(F)c2CC[C@@H]2CN[C@@H](CN(CC(F)(F)F)C(=O)O)CO2)c2ccc(F)cc2)c1. The van der Waals surface area contributed by atoms with E-state index in [1.807, 2.05) is 0 Å². The molecule has 1 fully saturated rings. The highest BCUT2D eigenvalue weighted by Gasteiger charge is 2.35. The van der Waals surface area contributed by atoms with E-state index in [2.05, 4.69) is 16.7 Å². The number of halogens is 5. The van der Waals surface area contributed by atoms with Crippen molar-refractivity contribution in [3.05, 3.63) is 101 Å². The molecular weight excluding hydrogens is 599 g/mol. The van der Waals surface area contributed by atoms with Crippen LogP contribution in [0, 0.1) is 23.0 Å².